The highest BCUT2D eigenvalue weighted by Crippen LogP contribution is 2.22. The molecule has 1 heterocycles. The van der Waals surface area contributed by atoms with Gasteiger partial charge in [0.1, 0.15) is 11.6 Å². The van der Waals surface area contributed by atoms with E-state index in [1.54, 1.807) is 48.5 Å². The van der Waals surface area contributed by atoms with Gasteiger partial charge in [-0.25, -0.2) is 19.0 Å². The number of esters is 2. The summed E-state index contributed by atoms with van der Waals surface area (Å²) in [6.07, 6.45) is 1.54. The predicted molar refractivity (Wildman–Crippen MR) is 113 cm³/mol. The molecule has 4 rings (SSSR count). The van der Waals surface area contributed by atoms with Gasteiger partial charge in [-0.3, -0.25) is 0 Å². The average molecular weight is 466 g/mol. The predicted octanol–water partition coefficient (Wildman–Crippen LogP) is 5.15. The highest BCUT2D eigenvalue weighted by atomic mass is 79.9. The monoisotopic (exact) mass is 465 g/mol. The Morgan fingerprint density at radius 1 is 1.03 bits per heavy atom. The van der Waals surface area contributed by atoms with Crippen LogP contribution < -0.4 is 4.74 Å². The van der Waals surface area contributed by atoms with Crippen LogP contribution >= 0.6 is 15.9 Å². The lowest BCUT2D eigenvalue weighted by atomic mass is 10.2. The van der Waals surface area contributed by atoms with Crippen LogP contribution in [0, 0.1) is 5.82 Å². The van der Waals surface area contributed by atoms with E-state index in [0.29, 0.717) is 22.4 Å². The number of nitrogens with zero attached hydrogens (tertiary/aromatic N) is 1. The van der Waals surface area contributed by atoms with Crippen LogP contribution in [0.5, 0.6) is 5.75 Å². The summed E-state index contributed by atoms with van der Waals surface area (Å²) in [5, 5.41) is 0. The van der Waals surface area contributed by atoms with E-state index in [1.807, 2.05) is 6.07 Å². The van der Waals surface area contributed by atoms with Crippen molar-refractivity contribution in [3.05, 3.63) is 105 Å². The topological polar surface area (TPSA) is 65.0 Å². The van der Waals surface area contributed by atoms with E-state index in [2.05, 4.69) is 20.9 Å². The van der Waals surface area contributed by atoms with Crippen molar-refractivity contribution in [2.24, 2.45) is 4.99 Å². The van der Waals surface area contributed by atoms with Crippen LogP contribution in [-0.4, -0.2) is 17.8 Å². The number of carbonyl (C=O) groups excluding carboxylic acids is 2. The standard InChI is InChI=1S/C23H13BrFNO4/c24-17-5-1-4-16(12-17)22(27)29-19-9-7-14(8-10-19)11-20-23(28)30-21(26-20)15-3-2-6-18(25)13-15/h1-13H. The Morgan fingerprint density at radius 3 is 2.53 bits per heavy atom. The van der Waals surface area contributed by atoms with Crippen LogP contribution in [0.15, 0.2) is 88.0 Å². The number of ether oxygens (including phenoxy) is 2. The van der Waals surface area contributed by atoms with Crippen LogP contribution in [0.25, 0.3) is 6.08 Å². The zero-order chi connectivity index (χ0) is 21.1. The van der Waals surface area contributed by atoms with Gasteiger partial charge < -0.3 is 9.47 Å². The molecule has 0 radical (unpaired) electrons. The zero-order valence-corrected chi connectivity index (χ0v) is 16.9. The van der Waals surface area contributed by atoms with E-state index >= 15 is 0 Å². The number of benzene rings is 3. The molecular weight excluding hydrogens is 453 g/mol. The fraction of sp³-hybridized carbons (Fsp3) is 0. The minimum Gasteiger partial charge on any atom is -0.423 e. The fourth-order valence-electron chi connectivity index (χ4n) is 2.73. The van der Waals surface area contributed by atoms with Crippen molar-refractivity contribution >= 4 is 39.8 Å². The SMILES string of the molecule is O=C1OC(c2cccc(F)c2)=NC1=Cc1ccc(OC(=O)c2cccc(Br)c2)cc1. The lowest BCUT2D eigenvalue weighted by molar-refractivity contribution is -0.129. The summed E-state index contributed by atoms with van der Waals surface area (Å²) >= 11 is 3.31. The number of hydrogen-bond acceptors (Lipinski definition) is 5. The third-order valence-electron chi connectivity index (χ3n) is 4.15. The van der Waals surface area contributed by atoms with E-state index < -0.39 is 17.8 Å². The van der Waals surface area contributed by atoms with Gasteiger partial charge in [-0.2, -0.15) is 0 Å². The minimum absolute atomic E-state index is 0.0466. The van der Waals surface area contributed by atoms with Crippen LogP contribution in [-0.2, 0) is 9.53 Å². The number of hydrogen-bond donors (Lipinski definition) is 0. The molecule has 1 aliphatic heterocycles. The average Bonchev–Trinajstić information content (AvgIpc) is 3.10. The molecular formula is C23H13BrFNO4. The molecule has 0 N–H and O–H groups in total. The van der Waals surface area contributed by atoms with Crippen molar-refractivity contribution in [1.82, 2.24) is 0 Å². The zero-order valence-electron chi connectivity index (χ0n) is 15.3. The molecule has 0 saturated carbocycles. The molecule has 0 bridgehead atoms. The van der Waals surface area contributed by atoms with E-state index in [-0.39, 0.29) is 11.6 Å². The van der Waals surface area contributed by atoms with Gasteiger partial charge in [0.05, 0.1) is 5.56 Å². The Balaban J connectivity index is 1.49. The molecule has 0 aliphatic carbocycles. The second-order valence-corrected chi connectivity index (χ2v) is 7.23. The summed E-state index contributed by atoms with van der Waals surface area (Å²) in [6.45, 7) is 0. The number of cyclic esters (lactones) is 1. The summed E-state index contributed by atoms with van der Waals surface area (Å²) in [5.74, 6) is -1.15. The molecule has 7 heteroatoms. The van der Waals surface area contributed by atoms with Crippen molar-refractivity contribution in [3.8, 4) is 5.75 Å². The molecule has 30 heavy (non-hydrogen) atoms. The molecule has 3 aromatic carbocycles. The van der Waals surface area contributed by atoms with Crippen LogP contribution in [0.1, 0.15) is 21.5 Å². The van der Waals surface area contributed by atoms with Gasteiger partial charge in [0, 0.05) is 10.0 Å². The Bertz CT molecular complexity index is 1200. The van der Waals surface area contributed by atoms with Gasteiger partial charge in [0.15, 0.2) is 5.70 Å². The van der Waals surface area contributed by atoms with Crippen molar-refractivity contribution < 1.29 is 23.5 Å². The molecule has 0 aromatic heterocycles. The third kappa shape index (κ3) is 4.52. The Hall–Kier alpha value is -3.58. The molecule has 0 saturated heterocycles. The van der Waals surface area contributed by atoms with E-state index in [4.69, 9.17) is 9.47 Å². The first kappa shape index (κ1) is 19.7. The van der Waals surface area contributed by atoms with Gasteiger partial charge in [-0.15, -0.1) is 0 Å². The molecule has 0 fully saturated rings. The molecule has 0 unspecified atom stereocenters. The summed E-state index contributed by atoms with van der Waals surface area (Å²) in [5.41, 5.74) is 1.55. The molecule has 3 aromatic rings. The second kappa shape index (κ2) is 8.42. The minimum atomic E-state index is -0.626. The molecule has 1 aliphatic rings. The van der Waals surface area contributed by atoms with Crippen molar-refractivity contribution in [3.63, 3.8) is 0 Å². The number of halogens is 2. The van der Waals surface area contributed by atoms with Gasteiger partial charge in [0.2, 0.25) is 5.90 Å². The first-order chi connectivity index (χ1) is 14.5. The number of rotatable bonds is 4. The maximum absolute atomic E-state index is 13.4. The molecule has 5 nitrogen and oxygen atoms in total. The van der Waals surface area contributed by atoms with Gasteiger partial charge in [-0.05, 0) is 60.2 Å². The fourth-order valence-corrected chi connectivity index (χ4v) is 3.12. The quantitative estimate of drug-likeness (QED) is 0.303. The first-order valence-corrected chi connectivity index (χ1v) is 9.63. The highest BCUT2D eigenvalue weighted by Gasteiger charge is 2.24. The van der Waals surface area contributed by atoms with Crippen molar-refractivity contribution in [2.75, 3.05) is 0 Å². The van der Waals surface area contributed by atoms with E-state index in [1.165, 1.54) is 24.3 Å². The lowest BCUT2D eigenvalue weighted by Gasteiger charge is -2.05. The number of aliphatic imine (C=N–C) groups is 1. The van der Waals surface area contributed by atoms with Crippen LogP contribution in [0.4, 0.5) is 4.39 Å². The molecule has 0 spiro atoms. The van der Waals surface area contributed by atoms with Crippen molar-refractivity contribution in [2.45, 2.75) is 0 Å². The molecule has 0 atom stereocenters. The van der Waals surface area contributed by atoms with Crippen LogP contribution in [0.2, 0.25) is 0 Å². The lowest BCUT2D eigenvalue weighted by Crippen LogP contribution is -2.08. The maximum atomic E-state index is 13.4. The Morgan fingerprint density at radius 2 is 1.80 bits per heavy atom. The summed E-state index contributed by atoms with van der Waals surface area (Å²) in [7, 11) is 0. The Kier molecular flexibility index (Phi) is 5.54. The van der Waals surface area contributed by atoms with Crippen LogP contribution in [0.3, 0.4) is 0 Å². The summed E-state index contributed by atoms with van der Waals surface area (Å²) < 4.78 is 24.6. The molecule has 148 valence electrons. The van der Waals surface area contributed by atoms with E-state index in [9.17, 15) is 14.0 Å². The largest absolute Gasteiger partial charge is 0.423 e. The maximum Gasteiger partial charge on any atom is 0.363 e. The van der Waals surface area contributed by atoms with Crippen molar-refractivity contribution in [1.29, 1.82) is 0 Å². The normalized spacial score (nSPS) is 14.4. The Labute approximate surface area is 179 Å². The second-order valence-electron chi connectivity index (χ2n) is 6.32. The van der Waals surface area contributed by atoms with Gasteiger partial charge in [0.25, 0.3) is 0 Å². The first-order valence-electron chi connectivity index (χ1n) is 8.84. The van der Waals surface area contributed by atoms with Gasteiger partial charge >= 0.3 is 11.9 Å². The van der Waals surface area contributed by atoms with E-state index in [0.717, 1.165) is 4.47 Å². The summed E-state index contributed by atoms with van der Waals surface area (Å²) in [6, 6.07) is 19.1. The third-order valence-corrected chi connectivity index (χ3v) is 4.64. The number of carbonyl (C=O) groups is 2. The van der Waals surface area contributed by atoms with Gasteiger partial charge in [-0.1, -0.05) is 40.2 Å². The smallest absolute Gasteiger partial charge is 0.363 e. The summed E-state index contributed by atoms with van der Waals surface area (Å²) in [4.78, 5) is 28.4. The highest BCUT2D eigenvalue weighted by molar-refractivity contribution is 9.10. The molecule has 0 amide bonds.